The maximum Gasteiger partial charge on any atom is 0.257 e. The number of aryl methyl sites for hydroxylation is 2. The monoisotopic (exact) mass is 345 g/mol. The molecule has 2 aromatic heterocycles. The van der Waals surface area contributed by atoms with Crippen molar-refractivity contribution in [3.8, 4) is 11.8 Å². The van der Waals surface area contributed by atoms with Crippen molar-refractivity contribution in [1.82, 2.24) is 24.6 Å². The van der Waals surface area contributed by atoms with E-state index in [0.29, 0.717) is 23.9 Å². The van der Waals surface area contributed by atoms with Gasteiger partial charge < -0.3 is 14.4 Å². The molecule has 0 aliphatic carbocycles. The van der Waals surface area contributed by atoms with Gasteiger partial charge in [-0.15, -0.1) is 0 Å². The third-order valence-electron chi connectivity index (χ3n) is 4.48. The van der Waals surface area contributed by atoms with Gasteiger partial charge in [-0.25, -0.2) is 0 Å². The van der Waals surface area contributed by atoms with Crippen LogP contribution in [0.15, 0.2) is 12.4 Å². The van der Waals surface area contributed by atoms with Crippen LogP contribution in [0.4, 0.5) is 0 Å². The van der Waals surface area contributed by atoms with Crippen LogP contribution in [-0.4, -0.2) is 56.9 Å². The number of piperidine rings is 1. The van der Waals surface area contributed by atoms with Crippen LogP contribution in [0.2, 0.25) is 0 Å². The normalized spacial score (nSPS) is 17.4. The lowest BCUT2D eigenvalue weighted by Crippen LogP contribution is -2.44. The predicted octanol–water partition coefficient (Wildman–Crippen LogP) is 1.52. The third-order valence-corrected chi connectivity index (χ3v) is 4.48. The number of ether oxygens (including phenoxy) is 2. The number of aromatic nitrogens is 4. The third kappa shape index (κ3) is 3.57. The summed E-state index contributed by atoms with van der Waals surface area (Å²) >= 11 is 0. The molecule has 1 saturated heterocycles. The first-order valence-electron chi connectivity index (χ1n) is 8.31. The Hall–Kier alpha value is -2.64. The van der Waals surface area contributed by atoms with E-state index in [9.17, 15) is 4.79 Å². The lowest BCUT2D eigenvalue weighted by atomic mass is 10.1. The van der Waals surface area contributed by atoms with E-state index in [0.717, 1.165) is 30.8 Å². The molecule has 0 bridgehead atoms. The van der Waals surface area contributed by atoms with E-state index in [1.165, 1.54) is 13.3 Å². The molecule has 1 atom stereocenters. The number of methoxy groups -OCH3 is 1. The van der Waals surface area contributed by atoms with Crippen molar-refractivity contribution in [2.24, 2.45) is 7.05 Å². The Morgan fingerprint density at radius 2 is 2.04 bits per heavy atom. The van der Waals surface area contributed by atoms with Crippen molar-refractivity contribution >= 4 is 5.91 Å². The number of amides is 1. The maximum atomic E-state index is 12.9. The smallest absolute Gasteiger partial charge is 0.257 e. The summed E-state index contributed by atoms with van der Waals surface area (Å²) in [6.45, 7) is 5.02. The summed E-state index contributed by atoms with van der Waals surface area (Å²) in [5.41, 5.74) is 2.32. The van der Waals surface area contributed by atoms with Crippen LogP contribution in [0.25, 0.3) is 0 Å². The molecule has 1 fully saturated rings. The topological polar surface area (TPSA) is 82.4 Å². The van der Waals surface area contributed by atoms with Gasteiger partial charge in [-0.2, -0.15) is 10.1 Å². The highest BCUT2D eigenvalue weighted by molar-refractivity contribution is 5.96. The van der Waals surface area contributed by atoms with Gasteiger partial charge in [-0.1, -0.05) is 0 Å². The first kappa shape index (κ1) is 17.2. The summed E-state index contributed by atoms with van der Waals surface area (Å²) in [5.74, 6) is 0.823. The van der Waals surface area contributed by atoms with Crippen molar-refractivity contribution in [1.29, 1.82) is 0 Å². The Kier molecular flexibility index (Phi) is 4.87. The van der Waals surface area contributed by atoms with E-state index in [2.05, 4.69) is 15.1 Å². The number of hydrogen-bond acceptors (Lipinski definition) is 6. The van der Waals surface area contributed by atoms with E-state index in [1.807, 2.05) is 25.8 Å². The van der Waals surface area contributed by atoms with E-state index >= 15 is 0 Å². The predicted molar refractivity (Wildman–Crippen MR) is 90.8 cm³/mol. The zero-order valence-electron chi connectivity index (χ0n) is 15.0. The Morgan fingerprint density at radius 1 is 1.28 bits per heavy atom. The molecule has 0 N–H and O–H groups in total. The van der Waals surface area contributed by atoms with Crippen LogP contribution in [0.3, 0.4) is 0 Å². The minimum atomic E-state index is -0.114. The van der Waals surface area contributed by atoms with Gasteiger partial charge in [0.05, 0.1) is 37.3 Å². The molecule has 25 heavy (non-hydrogen) atoms. The first-order valence-corrected chi connectivity index (χ1v) is 8.31. The highest BCUT2D eigenvalue weighted by Gasteiger charge is 2.29. The minimum absolute atomic E-state index is 0.00752. The average molecular weight is 345 g/mol. The van der Waals surface area contributed by atoms with Crippen LogP contribution in [0, 0.1) is 13.8 Å². The zero-order valence-corrected chi connectivity index (χ0v) is 15.0. The molecule has 2 aromatic rings. The fourth-order valence-corrected chi connectivity index (χ4v) is 3.12. The second kappa shape index (κ2) is 7.08. The molecule has 1 aliphatic rings. The van der Waals surface area contributed by atoms with Crippen molar-refractivity contribution in [2.75, 3.05) is 20.2 Å². The average Bonchev–Trinajstić information content (AvgIpc) is 2.87. The van der Waals surface area contributed by atoms with Gasteiger partial charge in [-0.3, -0.25) is 14.5 Å². The SMILES string of the molecule is COc1cncc(O[C@H]2CCCN(C(=O)c3c(C)nn(C)c3C)C2)n1. The van der Waals surface area contributed by atoms with Crippen molar-refractivity contribution in [2.45, 2.75) is 32.8 Å². The molecule has 0 aromatic carbocycles. The van der Waals surface area contributed by atoms with Gasteiger partial charge in [0.1, 0.15) is 6.10 Å². The van der Waals surface area contributed by atoms with Gasteiger partial charge in [0, 0.05) is 19.3 Å². The van der Waals surface area contributed by atoms with Gasteiger partial charge in [0.2, 0.25) is 11.8 Å². The lowest BCUT2D eigenvalue weighted by molar-refractivity contribution is 0.0524. The number of carbonyl (C=O) groups excluding carboxylic acids is 1. The van der Waals surface area contributed by atoms with Gasteiger partial charge in [0.25, 0.3) is 5.91 Å². The lowest BCUT2D eigenvalue weighted by Gasteiger charge is -2.32. The Bertz CT molecular complexity index is 774. The molecule has 3 heterocycles. The number of carbonyl (C=O) groups is 1. The highest BCUT2D eigenvalue weighted by atomic mass is 16.5. The zero-order chi connectivity index (χ0) is 18.0. The second-order valence-corrected chi connectivity index (χ2v) is 6.20. The molecule has 8 nitrogen and oxygen atoms in total. The van der Waals surface area contributed by atoms with E-state index in [-0.39, 0.29) is 12.0 Å². The molecule has 134 valence electrons. The maximum absolute atomic E-state index is 12.9. The number of likely N-dealkylation sites (tertiary alicyclic amines) is 1. The summed E-state index contributed by atoms with van der Waals surface area (Å²) < 4.78 is 12.7. The summed E-state index contributed by atoms with van der Waals surface area (Å²) in [5, 5.41) is 4.34. The Balaban J connectivity index is 1.71. The minimum Gasteiger partial charge on any atom is -0.480 e. The largest absolute Gasteiger partial charge is 0.480 e. The van der Waals surface area contributed by atoms with Crippen molar-refractivity contribution in [3.05, 3.63) is 29.3 Å². The molecule has 1 amide bonds. The Morgan fingerprint density at radius 3 is 2.72 bits per heavy atom. The Labute approximate surface area is 146 Å². The van der Waals surface area contributed by atoms with Crippen LogP contribution in [0.5, 0.6) is 11.8 Å². The first-order chi connectivity index (χ1) is 12.0. The summed E-state index contributed by atoms with van der Waals surface area (Å²) in [4.78, 5) is 23.0. The summed E-state index contributed by atoms with van der Waals surface area (Å²) in [6.07, 6.45) is 4.71. The van der Waals surface area contributed by atoms with Gasteiger partial charge in [0.15, 0.2) is 0 Å². The molecular formula is C17H23N5O3. The summed E-state index contributed by atoms with van der Waals surface area (Å²) in [6, 6.07) is 0. The quantitative estimate of drug-likeness (QED) is 0.835. The number of rotatable bonds is 4. The van der Waals surface area contributed by atoms with Crippen LogP contribution in [-0.2, 0) is 7.05 Å². The highest BCUT2D eigenvalue weighted by Crippen LogP contribution is 2.21. The number of nitrogens with zero attached hydrogens (tertiary/aromatic N) is 5. The standard InChI is InChI=1S/C17H23N5O3/c1-11-16(12(2)21(3)20-11)17(23)22-7-5-6-13(10-22)25-15-9-18-8-14(19-15)24-4/h8-9,13H,5-7,10H2,1-4H3/t13-/m0/s1. The summed E-state index contributed by atoms with van der Waals surface area (Å²) in [7, 11) is 3.38. The van der Waals surface area contributed by atoms with Gasteiger partial charge in [-0.05, 0) is 26.7 Å². The number of hydrogen-bond donors (Lipinski definition) is 0. The molecule has 3 rings (SSSR count). The molecule has 8 heteroatoms. The van der Waals surface area contributed by atoms with Crippen molar-refractivity contribution < 1.29 is 14.3 Å². The fraction of sp³-hybridized carbons (Fsp3) is 0.529. The van der Waals surface area contributed by atoms with E-state index < -0.39 is 0 Å². The molecular weight excluding hydrogens is 322 g/mol. The molecule has 0 saturated carbocycles. The molecule has 0 unspecified atom stereocenters. The fourth-order valence-electron chi connectivity index (χ4n) is 3.12. The van der Waals surface area contributed by atoms with Crippen LogP contribution < -0.4 is 9.47 Å². The molecule has 0 radical (unpaired) electrons. The van der Waals surface area contributed by atoms with Crippen LogP contribution in [0.1, 0.15) is 34.6 Å². The van der Waals surface area contributed by atoms with E-state index in [4.69, 9.17) is 9.47 Å². The second-order valence-electron chi connectivity index (χ2n) is 6.20. The van der Waals surface area contributed by atoms with Crippen molar-refractivity contribution in [3.63, 3.8) is 0 Å². The molecule has 1 aliphatic heterocycles. The van der Waals surface area contributed by atoms with Gasteiger partial charge >= 0.3 is 0 Å². The van der Waals surface area contributed by atoms with E-state index in [1.54, 1.807) is 10.9 Å². The molecule has 0 spiro atoms. The van der Waals surface area contributed by atoms with Crippen LogP contribution >= 0.6 is 0 Å².